The monoisotopic (exact) mass is 323 g/mol. The highest BCUT2D eigenvalue weighted by Crippen LogP contribution is 2.27. The number of nitrogens with zero attached hydrogens (tertiary/aromatic N) is 3. The zero-order chi connectivity index (χ0) is 14.0. The molecule has 0 N–H and O–H groups in total. The molecule has 19 heavy (non-hydrogen) atoms. The number of aromatic nitrogens is 2. The van der Waals surface area contributed by atoms with Crippen molar-refractivity contribution >= 4 is 37.9 Å². The number of fused-ring (bicyclic) bond motifs is 1. The maximum absolute atomic E-state index is 12.6. The van der Waals surface area contributed by atoms with Crippen LogP contribution >= 0.6 is 22.9 Å². The summed E-state index contributed by atoms with van der Waals surface area (Å²) in [6, 6.07) is 0. The molecule has 0 aliphatic rings. The molecule has 0 spiro atoms. The van der Waals surface area contributed by atoms with Gasteiger partial charge in [-0.15, -0.1) is 11.3 Å². The van der Waals surface area contributed by atoms with Crippen LogP contribution in [0, 0.1) is 0 Å². The highest BCUT2D eigenvalue weighted by atomic mass is 35.5. The lowest BCUT2D eigenvalue weighted by Crippen LogP contribution is -2.34. The summed E-state index contributed by atoms with van der Waals surface area (Å²) in [5.41, 5.74) is 0. The lowest BCUT2D eigenvalue weighted by Gasteiger charge is -2.19. The van der Waals surface area contributed by atoms with Crippen molar-refractivity contribution in [3.8, 4) is 0 Å². The Balaban J connectivity index is 2.48. The zero-order valence-corrected chi connectivity index (χ0v) is 12.9. The average Bonchev–Trinajstić information content (AvgIpc) is 2.88. The van der Waals surface area contributed by atoms with Crippen molar-refractivity contribution in [1.82, 2.24) is 13.7 Å². The summed E-state index contributed by atoms with van der Waals surface area (Å²) in [7, 11) is -2.15. The van der Waals surface area contributed by atoms with Gasteiger partial charge in [-0.2, -0.15) is 4.31 Å². The smallest absolute Gasteiger partial charge is 0.262 e. The number of likely N-dealkylation sites (N-methyl/N-ethyl adjacent to an activating group) is 1. The number of imidazole rings is 1. The van der Waals surface area contributed by atoms with Crippen LogP contribution < -0.4 is 0 Å². The molecule has 0 radical (unpaired) electrons. The van der Waals surface area contributed by atoms with Crippen molar-refractivity contribution in [3.05, 3.63) is 16.7 Å². The second-order valence-electron chi connectivity index (χ2n) is 3.75. The maximum Gasteiger partial charge on any atom is 0.262 e. The van der Waals surface area contributed by atoms with Gasteiger partial charge in [-0.3, -0.25) is 4.40 Å². The van der Waals surface area contributed by atoms with E-state index in [4.69, 9.17) is 16.3 Å². The Hall–Kier alpha value is -0.670. The SMILES string of the molecule is CCN(CCOC)S(=O)(=O)c1c(Cl)nc2sccn12. The van der Waals surface area contributed by atoms with Crippen molar-refractivity contribution < 1.29 is 13.2 Å². The first-order chi connectivity index (χ1) is 9.02. The third-order valence-electron chi connectivity index (χ3n) is 2.66. The van der Waals surface area contributed by atoms with Crippen molar-refractivity contribution in [2.45, 2.75) is 11.9 Å². The Kier molecular flexibility index (Phi) is 4.46. The van der Waals surface area contributed by atoms with Gasteiger partial charge in [-0.1, -0.05) is 18.5 Å². The van der Waals surface area contributed by atoms with E-state index in [1.54, 1.807) is 18.5 Å². The van der Waals surface area contributed by atoms with Crippen LogP contribution in [0.2, 0.25) is 5.15 Å². The van der Waals surface area contributed by atoms with Gasteiger partial charge in [-0.05, 0) is 0 Å². The van der Waals surface area contributed by atoms with Crippen LogP contribution in [0.1, 0.15) is 6.92 Å². The highest BCUT2D eigenvalue weighted by Gasteiger charge is 2.30. The topological polar surface area (TPSA) is 63.9 Å². The molecular formula is C10H14ClN3O3S2. The standard InChI is InChI=1S/C10H14ClN3O3S2/c1-3-13(4-6-17-2)19(15,16)9-8(11)12-10-14(9)5-7-18-10/h5,7H,3-4,6H2,1-2H3. The average molecular weight is 324 g/mol. The van der Waals surface area contributed by atoms with Crippen molar-refractivity contribution in [2.24, 2.45) is 0 Å². The Labute approximate surface area is 120 Å². The third kappa shape index (κ3) is 2.63. The molecule has 0 unspecified atom stereocenters. The summed E-state index contributed by atoms with van der Waals surface area (Å²) >= 11 is 7.30. The largest absolute Gasteiger partial charge is 0.383 e. The molecule has 106 valence electrons. The summed E-state index contributed by atoms with van der Waals surface area (Å²) in [5.74, 6) is 0. The first-order valence-electron chi connectivity index (χ1n) is 5.62. The summed E-state index contributed by atoms with van der Waals surface area (Å²) in [4.78, 5) is 4.61. The second kappa shape index (κ2) is 5.76. The lowest BCUT2D eigenvalue weighted by atomic mass is 10.6. The van der Waals surface area contributed by atoms with E-state index in [0.717, 1.165) is 0 Å². The predicted octanol–water partition coefficient (Wildman–Crippen LogP) is 1.71. The molecule has 2 rings (SSSR count). The van der Waals surface area contributed by atoms with Crippen LogP contribution in [0.25, 0.3) is 4.96 Å². The number of thiazole rings is 1. The van der Waals surface area contributed by atoms with Crippen LogP contribution in [0.5, 0.6) is 0 Å². The molecule has 6 nitrogen and oxygen atoms in total. The van der Waals surface area contributed by atoms with Gasteiger partial charge in [0.25, 0.3) is 10.0 Å². The van der Waals surface area contributed by atoms with Crippen LogP contribution in [-0.4, -0.2) is 48.9 Å². The zero-order valence-electron chi connectivity index (χ0n) is 10.5. The van der Waals surface area contributed by atoms with E-state index in [-0.39, 0.29) is 16.7 Å². The molecule has 2 aromatic rings. The molecule has 0 amide bonds. The molecule has 0 aliphatic heterocycles. The van der Waals surface area contributed by atoms with Crippen molar-refractivity contribution in [1.29, 1.82) is 0 Å². The number of sulfonamides is 1. The molecular weight excluding hydrogens is 310 g/mol. The van der Waals surface area contributed by atoms with Gasteiger partial charge in [0.05, 0.1) is 6.61 Å². The predicted molar refractivity (Wildman–Crippen MR) is 74.4 cm³/mol. The van der Waals surface area contributed by atoms with E-state index in [1.807, 2.05) is 0 Å². The molecule has 0 aliphatic carbocycles. The van der Waals surface area contributed by atoms with Crippen LogP contribution in [0.4, 0.5) is 0 Å². The fourth-order valence-corrected chi connectivity index (χ4v) is 4.57. The number of hydrogen-bond donors (Lipinski definition) is 0. The molecule has 0 atom stereocenters. The van der Waals surface area contributed by atoms with E-state index in [0.29, 0.717) is 18.1 Å². The van der Waals surface area contributed by atoms with Crippen molar-refractivity contribution in [3.63, 3.8) is 0 Å². The van der Waals surface area contributed by atoms with Gasteiger partial charge in [-0.25, -0.2) is 13.4 Å². The van der Waals surface area contributed by atoms with Gasteiger partial charge in [0, 0.05) is 31.8 Å². The van der Waals surface area contributed by atoms with E-state index >= 15 is 0 Å². The van der Waals surface area contributed by atoms with E-state index < -0.39 is 10.0 Å². The van der Waals surface area contributed by atoms with Crippen LogP contribution in [0.15, 0.2) is 16.6 Å². The summed E-state index contributed by atoms with van der Waals surface area (Å²) in [5, 5.41) is 1.79. The number of methoxy groups -OCH3 is 1. The van der Waals surface area contributed by atoms with Gasteiger partial charge in [0.15, 0.2) is 15.1 Å². The summed E-state index contributed by atoms with van der Waals surface area (Å²) < 4.78 is 32.9. The van der Waals surface area contributed by atoms with Gasteiger partial charge in [0.1, 0.15) is 0 Å². The summed E-state index contributed by atoms with van der Waals surface area (Å²) in [6.07, 6.45) is 1.65. The summed E-state index contributed by atoms with van der Waals surface area (Å²) in [6.45, 7) is 2.73. The second-order valence-corrected chi connectivity index (χ2v) is 6.84. The van der Waals surface area contributed by atoms with Gasteiger partial charge >= 0.3 is 0 Å². The number of ether oxygens (including phenoxy) is 1. The Morgan fingerprint density at radius 2 is 2.32 bits per heavy atom. The molecule has 0 aromatic carbocycles. The third-order valence-corrected chi connectivity index (χ3v) is 5.79. The minimum atomic E-state index is -3.68. The van der Waals surface area contributed by atoms with Crippen molar-refractivity contribution in [2.75, 3.05) is 26.8 Å². The molecule has 2 heterocycles. The number of hydrogen-bond acceptors (Lipinski definition) is 5. The minimum Gasteiger partial charge on any atom is -0.383 e. The molecule has 9 heteroatoms. The quantitative estimate of drug-likeness (QED) is 0.811. The molecule has 2 aromatic heterocycles. The fourth-order valence-electron chi connectivity index (χ4n) is 1.73. The minimum absolute atomic E-state index is 0.00252. The Morgan fingerprint density at radius 1 is 1.58 bits per heavy atom. The Morgan fingerprint density at radius 3 is 2.95 bits per heavy atom. The molecule has 0 fully saturated rings. The van der Waals surface area contributed by atoms with E-state index in [2.05, 4.69) is 4.98 Å². The van der Waals surface area contributed by atoms with Crippen LogP contribution in [0.3, 0.4) is 0 Å². The first kappa shape index (κ1) is 14.7. The first-order valence-corrected chi connectivity index (χ1v) is 8.32. The highest BCUT2D eigenvalue weighted by molar-refractivity contribution is 7.89. The Bertz CT molecular complexity index is 665. The molecule has 0 saturated carbocycles. The van der Waals surface area contributed by atoms with E-state index in [1.165, 1.54) is 27.2 Å². The normalized spacial score (nSPS) is 12.6. The molecule has 0 bridgehead atoms. The van der Waals surface area contributed by atoms with E-state index in [9.17, 15) is 8.42 Å². The molecule has 0 saturated heterocycles. The number of halogens is 1. The van der Waals surface area contributed by atoms with Crippen LogP contribution in [-0.2, 0) is 14.8 Å². The fraction of sp³-hybridized carbons (Fsp3) is 0.500. The van der Waals surface area contributed by atoms with Gasteiger partial charge in [0.2, 0.25) is 0 Å². The maximum atomic E-state index is 12.6. The lowest BCUT2D eigenvalue weighted by molar-refractivity contribution is 0.180. The van der Waals surface area contributed by atoms with Gasteiger partial charge < -0.3 is 4.74 Å². The number of rotatable bonds is 6.